The van der Waals surface area contributed by atoms with E-state index in [1.165, 1.54) is 0 Å². The van der Waals surface area contributed by atoms with Crippen LogP contribution in [0, 0.1) is 11.8 Å². The molecule has 4 rings (SSSR count). The van der Waals surface area contributed by atoms with Gasteiger partial charge in [0.25, 0.3) is 0 Å². The fraction of sp³-hybridized carbons (Fsp3) is 0.444. The fourth-order valence-electron chi connectivity index (χ4n) is 4.96. The molecule has 1 fully saturated rings. The molecular weight excluding hydrogens is 432 g/mol. The molecule has 2 aromatic rings. The average Bonchev–Trinajstić information content (AvgIpc) is 3.46. The first kappa shape index (κ1) is 23.8. The zero-order chi connectivity index (χ0) is 24.2. The second kappa shape index (κ2) is 10.3. The van der Waals surface area contributed by atoms with E-state index in [2.05, 4.69) is 29.6 Å². The van der Waals surface area contributed by atoms with Gasteiger partial charge in [-0.1, -0.05) is 68.8 Å². The Morgan fingerprint density at radius 3 is 2.26 bits per heavy atom. The lowest BCUT2D eigenvalue weighted by atomic mass is 9.98. The Morgan fingerprint density at radius 1 is 1.09 bits per heavy atom. The predicted molar refractivity (Wildman–Crippen MR) is 128 cm³/mol. The standard InChI is InChI=1S/C27H32N2O5/c1-3-17(2)14-24(25(30)29-13-12-18(15-29)26(31)32)28-27(33)34-16-23-21-10-6-4-8-19(21)20-9-5-7-11-22(20)23/h4-11,17-18,23-24H,3,12-16H2,1-2H3,(H,28,33)(H,31,32). The third-order valence-electron chi connectivity index (χ3n) is 7.12. The van der Waals surface area contributed by atoms with Crippen LogP contribution in [0.25, 0.3) is 11.1 Å². The molecule has 0 radical (unpaired) electrons. The lowest BCUT2D eigenvalue weighted by Gasteiger charge is -2.26. The number of rotatable bonds is 8. The smallest absolute Gasteiger partial charge is 0.407 e. The number of amides is 2. The van der Waals surface area contributed by atoms with Gasteiger partial charge >= 0.3 is 12.1 Å². The zero-order valence-corrected chi connectivity index (χ0v) is 19.7. The highest BCUT2D eigenvalue weighted by molar-refractivity contribution is 5.87. The molecule has 1 heterocycles. The van der Waals surface area contributed by atoms with Crippen molar-refractivity contribution < 1.29 is 24.2 Å². The molecule has 0 bridgehead atoms. The molecule has 34 heavy (non-hydrogen) atoms. The molecule has 0 spiro atoms. The van der Waals surface area contributed by atoms with Crippen molar-refractivity contribution >= 4 is 18.0 Å². The Labute approximate surface area is 200 Å². The van der Waals surface area contributed by atoms with Crippen molar-refractivity contribution in [1.29, 1.82) is 0 Å². The number of carboxylic acid groups (broad SMARTS) is 1. The van der Waals surface area contributed by atoms with Crippen LogP contribution in [0.1, 0.15) is 50.2 Å². The van der Waals surface area contributed by atoms with E-state index < -0.39 is 24.0 Å². The van der Waals surface area contributed by atoms with Gasteiger partial charge < -0.3 is 20.1 Å². The molecule has 180 valence electrons. The minimum Gasteiger partial charge on any atom is -0.481 e. The third kappa shape index (κ3) is 4.93. The summed E-state index contributed by atoms with van der Waals surface area (Å²) in [6.45, 7) is 4.81. The maximum Gasteiger partial charge on any atom is 0.407 e. The number of nitrogens with zero attached hydrogens (tertiary/aromatic N) is 1. The van der Waals surface area contributed by atoms with Gasteiger partial charge in [-0.3, -0.25) is 9.59 Å². The number of carboxylic acids is 1. The Hall–Kier alpha value is -3.35. The number of carbonyl (C=O) groups is 3. The highest BCUT2D eigenvalue weighted by Gasteiger charge is 2.35. The first-order valence-corrected chi connectivity index (χ1v) is 12.0. The van der Waals surface area contributed by atoms with Gasteiger partial charge in [-0.15, -0.1) is 0 Å². The van der Waals surface area contributed by atoms with Crippen LogP contribution < -0.4 is 5.32 Å². The number of likely N-dealkylation sites (tertiary alicyclic amines) is 1. The number of alkyl carbamates (subject to hydrolysis) is 1. The number of carbonyl (C=O) groups excluding carboxylic acids is 2. The van der Waals surface area contributed by atoms with Crippen molar-refractivity contribution in [3.05, 3.63) is 59.7 Å². The van der Waals surface area contributed by atoms with Crippen molar-refractivity contribution in [3.8, 4) is 11.1 Å². The maximum atomic E-state index is 13.2. The summed E-state index contributed by atoms with van der Waals surface area (Å²) in [6.07, 6.45) is 1.15. The normalized spacial score (nSPS) is 18.6. The van der Waals surface area contributed by atoms with E-state index in [1.807, 2.05) is 38.1 Å². The van der Waals surface area contributed by atoms with E-state index in [9.17, 15) is 19.5 Å². The number of benzene rings is 2. The maximum absolute atomic E-state index is 13.2. The second-order valence-corrected chi connectivity index (χ2v) is 9.38. The third-order valence-corrected chi connectivity index (χ3v) is 7.12. The molecule has 2 aliphatic rings. The fourth-order valence-corrected chi connectivity index (χ4v) is 4.96. The molecule has 2 amide bonds. The molecule has 2 aromatic carbocycles. The van der Waals surface area contributed by atoms with Crippen LogP contribution >= 0.6 is 0 Å². The zero-order valence-electron chi connectivity index (χ0n) is 19.7. The van der Waals surface area contributed by atoms with E-state index in [0.717, 1.165) is 28.7 Å². The van der Waals surface area contributed by atoms with Gasteiger partial charge in [0, 0.05) is 19.0 Å². The molecule has 0 aromatic heterocycles. The Balaban J connectivity index is 1.42. The first-order valence-electron chi connectivity index (χ1n) is 12.0. The summed E-state index contributed by atoms with van der Waals surface area (Å²) >= 11 is 0. The number of aliphatic carboxylic acids is 1. The van der Waals surface area contributed by atoms with Crippen molar-refractivity contribution in [2.24, 2.45) is 11.8 Å². The summed E-state index contributed by atoms with van der Waals surface area (Å²) in [5, 5.41) is 12.0. The number of hydrogen-bond acceptors (Lipinski definition) is 4. The molecule has 3 atom stereocenters. The van der Waals surface area contributed by atoms with Crippen molar-refractivity contribution in [1.82, 2.24) is 10.2 Å². The second-order valence-electron chi connectivity index (χ2n) is 9.38. The van der Waals surface area contributed by atoms with Gasteiger partial charge in [-0.2, -0.15) is 0 Å². The summed E-state index contributed by atoms with van der Waals surface area (Å²) in [5.41, 5.74) is 4.55. The number of nitrogens with one attached hydrogen (secondary N) is 1. The number of hydrogen-bond donors (Lipinski definition) is 2. The van der Waals surface area contributed by atoms with Crippen LogP contribution in [-0.2, 0) is 14.3 Å². The monoisotopic (exact) mass is 464 g/mol. The Morgan fingerprint density at radius 2 is 1.71 bits per heavy atom. The molecule has 7 nitrogen and oxygen atoms in total. The summed E-state index contributed by atoms with van der Waals surface area (Å²) in [7, 11) is 0. The molecule has 2 N–H and O–H groups in total. The number of ether oxygens (including phenoxy) is 1. The van der Waals surface area contributed by atoms with Crippen LogP contribution in [0.15, 0.2) is 48.5 Å². The predicted octanol–water partition coefficient (Wildman–Crippen LogP) is 4.26. The van der Waals surface area contributed by atoms with Gasteiger partial charge in [0.2, 0.25) is 5.91 Å². The number of fused-ring (bicyclic) bond motifs is 3. The highest BCUT2D eigenvalue weighted by atomic mass is 16.5. The minimum atomic E-state index is -0.890. The molecule has 1 aliphatic carbocycles. The lowest BCUT2D eigenvalue weighted by molar-refractivity contribution is -0.141. The molecule has 1 saturated heterocycles. The lowest BCUT2D eigenvalue weighted by Crippen LogP contribution is -2.49. The van der Waals surface area contributed by atoms with E-state index >= 15 is 0 Å². The quantitative estimate of drug-likeness (QED) is 0.609. The van der Waals surface area contributed by atoms with Gasteiger partial charge in [0.05, 0.1) is 5.92 Å². The largest absolute Gasteiger partial charge is 0.481 e. The van der Waals surface area contributed by atoms with Crippen molar-refractivity contribution in [2.75, 3.05) is 19.7 Å². The van der Waals surface area contributed by atoms with Crippen LogP contribution in [0.5, 0.6) is 0 Å². The van der Waals surface area contributed by atoms with Crippen LogP contribution in [0.3, 0.4) is 0 Å². The molecular formula is C27H32N2O5. The van der Waals surface area contributed by atoms with E-state index in [1.54, 1.807) is 4.90 Å². The van der Waals surface area contributed by atoms with Crippen LogP contribution in [0.2, 0.25) is 0 Å². The van der Waals surface area contributed by atoms with Crippen molar-refractivity contribution in [3.63, 3.8) is 0 Å². The van der Waals surface area contributed by atoms with E-state index in [0.29, 0.717) is 19.4 Å². The van der Waals surface area contributed by atoms with Crippen LogP contribution in [0.4, 0.5) is 4.79 Å². The van der Waals surface area contributed by atoms with E-state index in [4.69, 9.17) is 4.74 Å². The first-order chi connectivity index (χ1) is 16.4. The van der Waals surface area contributed by atoms with Gasteiger partial charge in [-0.05, 0) is 41.0 Å². The van der Waals surface area contributed by atoms with Crippen LogP contribution in [-0.4, -0.2) is 53.7 Å². The SMILES string of the molecule is CCC(C)CC(NC(=O)OCC1c2ccccc2-c2ccccc21)C(=O)N1CCC(C(=O)O)C1. The average molecular weight is 465 g/mol. The highest BCUT2D eigenvalue weighted by Crippen LogP contribution is 2.44. The minimum absolute atomic E-state index is 0.0585. The van der Waals surface area contributed by atoms with Crippen molar-refractivity contribution in [2.45, 2.75) is 45.1 Å². The van der Waals surface area contributed by atoms with Gasteiger partial charge in [-0.25, -0.2) is 4.79 Å². The molecule has 3 unspecified atom stereocenters. The van der Waals surface area contributed by atoms with E-state index in [-0.39, 0.29) is 30.9 Å². The molecule has 1 aliphatic heterocycles. The summed E-state index contributed by atoms with van der Waals surface area (Å²) in [4.78, 5) is 38.8. The summed E-state index contributed by atoms with van der Waals surface area (Å²) < 4.78 is 5.64. The van der Waals surface area contributed by atoms with Gasteiger partial charge in [0.1, 0.15) is 12.6 Å². The van der Waals surface area contributed by atoms with Gasteiger partial charge in [0.15, 0.2) is 0 Å². The molecule has 0 saturated carbocycles. The summed E-state index contributed by atoms with van der Waals surface area (Å²) in [6, 6.07) is 15.5. The molecule has 7 heteroatoms. The Kier molecular flexibility index (Phi) is 7.20. The Bertz CT molecular complexity index is 1020. The summed E-state index contributed by atoms with van der Waals surface area (Å²) in [5.74, 6) is -1.52. The topological polar surface area (TPSA) is 95.9 Å².